The molecule has 0 saturated heterocycles. The number of anilines is 1. The fourth-order valence-corrected chi connectivity index (χ4v) is 4.12. The van der Waals surface area contributed by atoms with Gasteiger partial charge in [-0.2, -0.15) is 0 Å². The quantitative estimate of drug-likeness (QED) is 0.176. The number of fused-ring (bicyclic) bond motifs is 1. The number of halogens is 2. The van der Waals surface area contributed by atoms with E-state index in [1.165, 1.54) is 23.1 Å². The van der Waals surface area contributed by atoms with Crippen LogP contribution in [0, 0.1) is 10.1 Å². The standard InChI is InChI=1S/C24H22Cl2N4O2/c25-19-6-5-17(23(26)13-19)15-29-16-18(22-3-1-2-4-24(22)29)14-27-11-12-28-20-7-9-21(10-8-20)30(31)32/h1-10,13,16,27-28H,11-12,14-15H2. The van der Waals surface area contributed by atoms with Crippen molar-refractivity contribution in [3.8, 4) is 0 Å². The molecule has 0 saturated carbocycles. The van der Waals surface area contributed by atoms with Gasteiger partial charge in [-0.3, -0.25) is 10.1 Å². The highest BCUT2D eigenvalue weighted by molar-refractivity contribution is 6.35. The zero-order valence-corrected chi connectivity index (χ0v) is 18.7. The molecule has 8 heteroatoms. The second-order valence-corrected chi connectivity index (χ2v) is 8.29. The monoisotopic (exact) mass is 468 g/mol. The number of nitrogens with zero attached hydrogens (tertiary/aromatic N) is 2. The Morgan fingerprint density at radius 1 is 0.938 bits per heavy atom. The van der Waals surface area contributed by atoms with E-state index in [1.807, 2.05) is 24.3 Å². The lowest BCUT2D eigenvalue weighted by Crippen LogP contribution is -2.21. The third-order valence-corrected chi connectivity index (χ3v) is 5.84. The van der Waals surface area contributed by atoms with Gasteiger partial charge in [0.1, 0.15) is 0 Å². The molecule has 0 amide bonds. The SMILES string of the molecule is O=[N+]([O-])c1ccc(NCCNCc2cn(Cc3ccc(Cl)cc3Cl)c3ccccc23)cc1. The fraction of sp³-hybridized carbons (Fsp3) is 0.167. The molecular weight excluding hydrogens is 447 g/mol. The molecule has 0 aliphatic heterocycles. The Morgan fingerprint density at radius 3 is 2.47 bits per heavy atom. The highest BCUT2D eigenvalue weighted by atomic mass is 35.5. The number of aromatic nitrogens is 1. The average molecular weight is 469 g/mol. The number of benzene rings is 3. The zero-order chi connectivity index (χ0) is 22.5. The minimum absolute atomic E-state index is 0.0879. The van der Waals surface area contributed by atoms with Crippen molar-refractivity contribution in [3.05, 3.63) is 104 Å². The Morgan fingerprint density at radius 2 is 1.72 bits per heavy atom. The fourth-order valence-electron chi connectivity index (χ4n) is 3.65. The van der Waals surface area contributed by atoms with Crippen molar-refractivity contribution in [2.75, 3.05) is 18.4 Å². The van der Waals surface area contributed by atoms with Crippen molar-refractivity contribution >= 4 is 45.5 Å². The minimum atomic E-state index is -0.400. The summed E-state index contributed by atoms with van der Waals surface area (Å²) in [6, 6.07) is 20.3. The topological polar surface area (TPSA) is 72.1 Å². The predicted octanol–water partition coefficient (Wildman–Crippen LogP) is 6.11. The summed E-state index contributed by atoms with van der Waals surface area (Å²) in [5.41, 5.74) is 4.32. The van der Waals surface area contributed by atoms with E-state index in [1.54, 1.807) is 18.2 Å². The van der Waals surface area contributed by atoms with Crippen LogP contribution in [-0.4, -0.2) is 22.6 Å². The Labute approximate surface area is 195 Å². The molecule has 1 heterocycles. The molecule has 0 aliphatic rings. The van der Waals surface area contributed by atoms with Crippen LogP contribution in [0.15, 0.2) is 72.9 Å². The van der Waals surface area contributed by atoms with Crippen molar-refractivity contribution in [3.63, 3.8) is 0 Å². The van der Waals surface area contributed by atoms with Crippen LogP contribution in [0.25, 0.3) is 10.9 Å². The van der Waals surface area contributed by atoms with Gasteiger partial charge in [0, 0.05) is 71.1 Å². The Bertz CT molecular complexity index is 1240. The Hall–Kier alpha value is -3.06. The van der Waals surface area contributed by atoms with Crippen molar-refractivity contribution in [1.29, 1.82) is 0 Å². The molecule has 1 aromatic heterocycles. The summed E-state index contributed by atoms with van der Waals surface area (Å²) in [6.45, 7) is 2.85. The van der Waals surface area contributed by atoms with Gasteiger partial charge in [-0.25, -0.2) is 0 Å². The van der Waals surface area contributed by atoms with E-state index < -0.39 is 4.92 Å². The molecule has 0 atom stereocenters. The van der Waals surface area contributed by atoms with Gasteiger partial charge in [0.25, 0.3) is 5.69 Å². The van der Waals surface area contributed by atoms with Gasteiger partial charge in [0.2, 0.25) is 0 Å². The number of non-ortho nitro benzene ring substituents is 1. The van der Waals surface area contributed by atoms with Crippen molar-refractivity contribution in [1.82, 2.24) is 9.88 Å². The summed E-state index contributed by atoms with van der Waals surface area (Å²) in [5, 5.41) is 20.0. The Kier molecular flexibility index (Phi) is 6.95. The van der Waals surface area contributed by atoms with E-state index in [-0.39, 0.29) is 5.69 Å². The maximum absolute atomic E-state index is 10.7. The molecule has 0 fully saturated rings. The molecule has 0 bridgehead atoms. The van der Waals surface area contributed by atoms with E-state index in [0.717, 1.165) is 29.9 Å². The third kappa shape index (κ3) is 5.22. The first kappa shape index (κ1) is 22.1. The molecule has 32 heavy (non-hydrogen) atoms. The molecule has 0 unspecified atom stereocenters. The molecule has 6 nitrogen and oxygen atoms in total. The van der Waals surface area contributed by atoms with Crippen LogP contribution in [-0.2, 0) is 13.1 Å². The molecular formula is C24H22Cl2N4O2. The number of nitrogens with one attached hydrogen (secondary N) is 2. The highest BCUT2D eigenvalue weighted by Gasteiger charge is 2.10. The predicted molar refractivity (Wildman–Crippen MR) is 131 cm³/mol. The minimum Gasteiger partial charge on any atom is -0.384 e. The molecule has 0 spiro atoms. The summed E-state index contributed by atoms with van der Waals surface area (Å²) in [7, 11) is 0. The average Bonchev–Trinajstić information content (AvgIpc) is 3.13. The lowest BCUT2D eigenvalue weighted by molar-refractivity contribution is -0.384. The van der Waals surface area contributed by atoms with Gasteiger partial charge in [0.05, 0.1) is 4.92 Å². The number of hydrogen-bond acceptors (Lipinski definition) is 4. The Balaban J connectivity index is 1.37. The van der Waals surface area contributed by atoms with Crippen LogP contribution in [0.5, 0.6) is 0 Å². The van der Waals surface area contributed by atoms with Crippen molar-refractivity contribution < 1.29 is 4.92 Å². The van der Waals surface area contributed by atoms with Crippen LogP contribution in [0.3, 0.4) is 0 Å². The number of nitro benzene ring substituents is 1. The van der Waals surface area contributed by atoms with E-state index in [4.69, 9.17) is 23.2 Å². The highest BCUT2D eigenvalue weighted by Crippen LogP contribution is 2.26. The van der Waals surface area contributed by atoms with E-state index in [0.29, 0.717) is 23.1 Å². The number of rotatable bonds is 9. The summed E-state index contributed by atoms with van der Waals surface area (Å²) in [5.74, 6) is 0. The van der Waals surface area contributed by atoms with Gasteiger partial charge < -0.3 is 15.2 Å². The molecule has 2 N–H and O–H groups in total. The van der Waals surface area contributed by atoms with Gasteiger partial charge in [-0.15, -0.1) is 0 Å². The summed E-state index contributed by atoms with van der Waals surface area (Å²) in [6.07, 6.45) is 2.16. The molecule has 3 aromatic carbocycles. The maximum atomic E-state index is 10.7. The maximum Gasteiger partial charge on any atom is 0.269 e. The summed E-state index contributed by atoms with van der Waals surface area (Å²) < 4.78 is 2.20. The van der Waals surface area contributed by atoms with Crippen LogP contribution in [0.4, 0.5) is 11.4 Å². The molecule has 0 radical (unpaired) electrons. The first-order valence-electron chi connectivity index (χ1n) is 10.2. The normalized spacial score (nSPS) is 11.1. The lowest BCUT2D eigenvalue weighted by atomic mass is 10.2. The van der Waals surface area contributed by atoms with Gasteiger partial charge >= 0.3 is 0 Å². The van der Waals surface area contributed by atoms with Crippen LogP contribution in [0.1, 0.15) is 11.1 Å². The molecule has 0 aliphatic carbocycles. The largest absolute Gasteiger partial charge is 0.384 e. The first-order chi connectivity index (χ1) is 15.5. The van der Waals surface area contributed by atoms with Crippen LogP contribution < -0.4 is 10.6 Å². The smallest absolute Gasteiger partial charge is 0.269 e. The number of hydrogen-bond donors (Lipinski definition) is 2. The zero-order valence-electron chi connectivity index (χ0n) is 17.2. The third-order valence-electron chi connectivity index (χ3n) is 5.25. The molecule has 164 valence electrons. The van der Waals surface area contributed by atoms with E-state index in [2.05, 4.69) is 33.5 Å². The van der Waals surface area contributed by atoms with Crippen LogP contribution >= 0.6 is 23.2 Å². The van der Waals surface area contributed by atoms with Gasteiger partial charge in [0.15, 0.2) is 0 Å². The second kappa shape index (κ2) is 10.0. The van der Waals surface area contributed by atoms with Crippen molar-refractivity contribution in [2.24, 2.45) is 0 Å². The lowest BCUT2D eigenvalue weighted by Gasteiger charge is -2.08. The first-order valence-corrected chi connectivity index (χ1v) is 11.0. The van der Waals surface area contributed by atoms with E-state index >= 15 is 0 Å². The van der Waals surface area contributed by atoms with Crippen molar-refractivity contribution in [2.45, 2.75) is 13.1 Å². The number of nitro groups is 1. The van der Waals surface area contributed by atoms with E-state index in [9.17, 15) is 10.1 Å². The number of para-hydroxylation sites is 1. The van der Waals surface area contributed by atoms with Crippen LogP contribution in [0.2, 0.25) is 10.0 Å². The molecule has 4 aromatic rings. The summed E-state index contributed by atoms with van der Waals surface area (Å²) in [4.78, 5) is 10.3. The second-order valence-electron chi connectivity index (χ2n) is 7.44. The summed E-state index contributed by atoms with van der Waals surface area (Å²) >= 11 is 12.4. The molecule has 4 rings (SSSR count). The van der Waals surface area contributed by atoms with Gasteiger partial charge in [-0.05, 0) is 41.5 Å². The van der Waals surface area contributed by atoms with Gasteiger partial charge in [-0.1, -0.05) is 47.5 Å².